The minimum Gasteiger partial charge on any atom is -0.384 e. The summed E-state index contributed by atoms with van der Waals surface area (Å²) in [5, 5.41) is 3.54. The highest BCUT2D eigenvalue weighted by Crippen LogP contribution is 2.31. The van der Waals surface area contributed by atoms with Gasteiger partial charge in [0, 0.05) is 57.4 Å². The first-order chi connectivity index (χ1) is 9.72. The Kier molecular flexibility index (Phi) is 4.27. The van der Waals surface area contributed by atoms with Crippen LogP contribution in [0.15, 0.2) is 24.3 Å². The van der Waals surface area contributed by atoms with Crippen molar-refractivity contribution in [2.45, 2.75) is 19.8 Å². The predicted octanol–water partition coefficient (Wildman–Crippen LogP) is 2.47. The lowest BCUT2D eigenvalue weighted by Crippen LogP contribution is -2.48. The average Bonchev–Trinajstić information content (AvgIpc) is 2.84. The monoisotopic (exact) mass is 273 g/mol. The standard InChI is InChI=1S/C17H27N3/c1-14(2)12-19-7-9-20(10-8-19)13-15-11-18-17-6-4-3-5-16(15)17/h3-6,14-15,18H,7-13H2,1-2H3. The fraction of sp³-hybridized carbons (Fsp3) is 0.647. The molecular formula is C17H27N3. The fourth-order valence-electron chi connectivity index (χ4n) is 3.50. The molecular weight excluding hydrogens is 246 g/mol. The average molecular weight is 273 g/mol. The minimum atomic E-state index is 0.669. The molecule has 1 fully saturated rings. The predicted molar refractivity (Wildman–Crippen MR) is 85.4 cm³/mol. The molecule has 3 nitrogen and oxygen atoms in total. The summed E-state index contributed by atoms with van der Waals surface area (Å²) in [7, 11) is 0. The van der Waals surface area contributed by atoms with Crippen LogP contribution in [0.2, 0.25) is 0 Å². The van der Waals surface area contributed by atoms with Gasteiger partial charge in [0.2, 0.25) is 0 Å². The third kappa shape index (κ3) is 3.15. The van der Waals surface area contributed by atoms with Crippen LogP contribution in [0.4, 0.5) is 5.69 Å². The second kappa shape index (κ2) is 6.15. The molecule has 1 saturated heterocycles. The van der Waals surface area contributed by atoms with Crippen molar-refractivity contribution in [3.05, 3.63) is 29.8 Å². The lowest BCUT2D eigenvalue weighted by molar-refractivity contribution is 0.118. The lowest BCUT2D eigenvalue weighted by Gasteiger charge is -2.36. The van der Waals surface area contributed by atoms with Crippen molar-refractivity contribution in [3.8, 4) is 0 Å². The van der Waals surface area contributed by atoms with Gasteiger partial charge in [0.15, 0.2) is 0 Å². The number of para-hydroxylation sites is 1. The molecule has 3 rings (SSSR count). The van der Waals surface area contributed by atoms with Gasteiger partial charge in [0.1, 0.15) is 0 Å². The molecule has 0 spiro atoms. The van der Waals surface area contributed by atoms with Crippen molar-refractivity contribution in [3.63, 3.8) is 0 Å². The molecule has 20 heavy (non-hydrogen) atoms. The summed E-state index contributed by atoms with van der Waals surface area (Å²) in [5.41, 5.74) is 2.85. The smallest absolute Gasteiger partial charge is 0.0376 e. The van der Waals surface area contributed by atoms with E-state index < -0.39 is 0 Å². The van der Waals surface area contributed by atoms with Crippen molar-refractivity contribution in [2.75, 3.05) is 51.1 Å². The largest absolute Gasteiger partial charge is 0.384 e. The minimum absolute atomic E-state index is 0.669. The van der Waals surface area contributed by atoms with Gasteiger partial charge in [-0.3, -0.25) is 0 Å². The Balaban J connectivity index is 1.51. The van der Waals surface area contributed by atoms with Gasteiger partial charge < -0.3 is 15.1 Å². The quantitative estimate of drug-likeness (QED) is 0.909. The summed E-state index contributed by atoms with van der Waals surface area (Å²) in [6.07, 6.45) is 0. The van der Waals surface area contributed by atoms with Crippen molar-refractivity contribution < 1.29 is 0 Å². The van der Waals surface area contributed by atoms with Crippen LogP contribution < -0.4 is 5.32 Å². The lowest BCUT2D eigenvalue weighted by atomic mass is 10.0. The Morgan fingerprint density at radius 2 is 1.80 bits per heavy atom. The maximum atomic E-state index is 3.54. The van der Waals surface area contributed by atoms with Gasteiger partial charge in [-0.2, -0.15) is 0 Å². The van der Waals surface area contributed by atoms with Gasteiger partial charge in [-0.1, -0.05) is 32.0 Å². The van der Waals surface area contributed by atoms with Crippen LogP contribution in [0.1, 0.15) is 25.3 Å². The Morgan fingerprint density at radius 3 is 2.55 bits per heavy atom. The normalized spacial score (nSPS) is 23.9. The van der Waals surface area contributed by atoms with Gasteiger partial charge in [-0.05, 0) is 17.5 Å². The molecule has 0 aliphatic carbocycles. The number of nitrogens with one attached hydrogen (secondary N) is 1. The molecule has 0 radical (unpaired) electrons. The molecule has 2 heterocycles. The molecule has 1 unspecified atom stereocenters. The number of nitrogens with zero attached hydrogens (tertiary/aromatic N) is 2. The summed E-state index contributed by atoms with van der Waals surface area (Å²) >= 11 is 0. The van der Waals surface area contributed by atoms with E-state index in [1.807, 2.05) is 0 Å². The first kappa shape index (κ1) is 13.9. The van der Waals surface area contributed by atoms with E-state index in [2.05, 4.69) is 53.2 Å². The van der Waals surface area contributed by atoms with E-state index in [-0.39, 0.29) is 0 Å². The maximum Gasteiger partial charge on any atom is 0.0376 e. The van der Waals surface area contributed by atoms with E-state index in [1.165, 1.54) is 50.5 Å². The summed E-state index contributed by atoms with van der Waals surface area (Å²) in [6.45, 7) is 13.1. The number of benzene rings is 1. The molecule has 0 amide bonds. The second-order valence-electron chi connectivity index (χ2n) is 6.66. The Bertz CT molecular complexity index is 436. The molecule has 0 aromatic heterocycles. The third-order valence-corrected chi connectivity index (χ3v) is 4.51. The molecule has 1 aromatic rings. The third-order valence-electron chi connectivity index (χ3n) is 4.51. The highest BCUT2D eigenvalue weighted by molar-refractivity contribution is 5.57. The number of fused-ring (bicyclic) bond motifs is 1. The summed E-state index contributed by atoms with van der Waals surface area (Å²) in [4.78, 5) is 5.26. The molecule has 1 atom stereocenters. The van der Waals surface area contributed by atoms with E-state index in [0.29, 0.717) is 5.92 Å². The highest BCUT2D eigenvalue weighted by Gasteiger charge is 2.25. The molecule has 0 saturated carbocycles. The number of rotatable bonds is 4. The number of hydrogen-bond acceptors (Lipinski definition) is 3. The van der Waals surface area contributed by atoms with Gasteiger partial charge in [-0.15, -0.1) is 0 Å². The highest BCUT2D eigenvalue weighted by atomic mass is 15.3. The van der Waals surface area contributed by atoms with E-state index in [4.69, 9.17) is 0 Å². The summed E-state index contributed by atoms with van der Waals surface area (Å²) < 4.78 is 0. The van der Waals surface area contributed by atoms with Crippen molar-refractivity contribution >= 4 is 5.69 Å². The fourth-order valence-corrected chi connectivity index (χ4v) is 3.50. The number of hydrogen-bond donors (Lipinski definition) is 1. The van der Waals surface area contributed by atoms with Crippen molar-refractivity contribution in [1.29, 1.82) is 0 Å². The maximum absolute atomic E-state index is 3.54. The molecule has 0 bridgehead atoms. The first-order valence-corrected chi connectivity index (χ1v) is 8.00. The Labute approximate surface area is 123 Å². The molecule has 1 N–H and O–H groups in total. The van der Waals surface area contributed by atoms with E-state index in [1.54, 1.807) is 0 Å². The Hall–Kier alpha value is -1.06. The number of anilines is 1. The SMILES string of the molecule is CC(C)CN1CCN(CC2CNc3ccccc32)CC1. The van der Waals surface area contributed by atoms with Crippen LogP contribution in [0, 0.1) is 5.92 Å². The molecule has 3 heteroatoms. The van der Waals surface area contributed by atoms with Gasteiger partial charge in [0.05, 0.1) is 0 Å². The topological polar surface area (TPSA) is 18.5 Å². The van der Waals surface area contributed by atoms with E-state index >= 15 is 0 Å². The van der Waals surface area contributed by atoms with Crippen LogP contribution in [-0.2, 0) is 0 Å². The van der Waals surface area contributed by atoms with Crippen LogP contribution in [0.3, 0.4) is 0 Å². The zero-order chi connectivity index (χ0) is 13.9. The second-order valence-corrected chi connectivity index (χ2v) is 6.66. The summed E-state index contributed by atoms with van der Waals surface area (Å²) in [6, 6.07) is 8.78. The molecule has 110 valence electrons. The van der Waals surface area contributed by atoms with Crippen LogP contribution in [0.25, 0.3) is 0 Å². The van der Waals surface area contributed by atoms with Crippen LogP contribution in [-0.4, -0.2) is 55.6 Å². The molecule has 2 aliphatic heterocycles. The summed E-state index contributed by atoms with van der Waals surface area (Å²) in [5.74, 6) is 1.45. The van der Waals surface area contributed by atoms with Crippen molar-refractivity contribution in [1.82, 2.24) is 9.80 Å². The van der Waals surface area contributed by atoms with Gasteiger partial charge in [-0.25, -0.2) is 0 Å². The van der Waals surface area contributed by atoms with Gasteiger partial charge >= 0.3 is 0 Å². The van der Waals surface area contributed by atoms with E-state index in [0.717, 1.165) is 12.5 Å². The zero-order valence-corrected chi connectivity index (χ0v) is 12.8. The number of piperazine rings is 1. The Morgan fingerprint density at radius 1 is 1.10 bits per heavy atom. The van der Waals surface area contributed by atoms with Crippen LogP contribution in [0.5, 0.6) is 0 Å². The van der Waals surface area contributed by atoms with Gasteiger partial charge in [0.25, 0.3) is 0 Å². The van der Waals surface area contributed by atoms with E-state index in [9.17, 15) is 0 Å². The zero-order valence-electron chi connectivity index (χ0n) is 12.8. The van der Waals surface area contributed by atoms with Crippen molar-refractivity contribution in [2.24, 2.45) is 5.92 Å². The van der Waals surface area contributed by atoms with Crippen LogP contribution >= 0.6 is 0 Å². The first-order valence-electron chi connectivity index (χ1n) is 8.00. The molecule has 2 aliphatic rings. The molecule has 1 aromatic carbocycles.